The second kappa shape index (κ2) is 8.41. The molecule has 0 saturated carbocycles. The Bertz CT molecular complexity index is 201. The first-order chi connectivity index (χ1) is 7.10. The van der Waals surface area contributed by atoms with E-state index in [2.05, 4.69) is 4.74 Å². The van der Waals surface area contributed by atoms with E-state index >= 15 is 0 Å². The van der Waals surface area contributed by atoms with Gasteiger partial charge in [0.1, 0.15) is 5.78 Å². The van der Waals surface area contributed by atoms with E-state index in [4.69, 9.17) is 4.74 Å². The quantitative estimate of drug-likeness (QED) is 0.578. The summed E-state index contributed by atoms with van der Waals surface area (Å²) in [7, 11) is 2.97. The van der Waals surface area contributed by atoms with Crippen LogP contribution < -0.4 is 0 Å². The van der Waals surface area contributed by atoms with Crippen molar-refractivity contribution in [2.75, 3.05) is 20.8 Å². The summed E-state index contributed by atoms with van der Waals surface area (Å²) in [5.74, 6) is 0.104. The molecule has 1 unspecified atom stereocenters. The van der Waals surface area contributed by atoms with Crippen molar-refractivity contribution < 1.29 is 19.1 Å². The molecule has 0 aliphatic carbocycles. The molecule has 4 nitrogen and oxygen atoms in total. The summed E-state index contributed by atoms with van der Waals surface area (Å²) in [6, 6.07) is 0. The molecule has 4 heteroatoms. The van der Waals surface area contributed by atoms with Gasteiger partial charge in [-0.15, -0.1) is 0 Å². The van der Waals surface area contributed by atoms with Gasteiger partial charge in [-0.2, -0.15) is 0 Å². The first kappa shape index (κ1) is 14.1. The van der Waals surface area contributed by atoms with E-state index in [1.54, 1.807) is 7.11 Å². The van der Waals surface area contributed by atoms with Gasteiger partial charge in [0.15, 0.2) is 0 Å². The van der Waals surface area contributed by atoms with E-state index in [1.165, 1.54) is 7.11 Å². The van der Waals surface area contributed by atoms with Gasteiger partial charge in [0, 0.05) is 26.6 Å². The highest BCUT2D eigenvalue weighted by Gasteiger charge is 2.11. The summed E-state index contributed by atoms with van der Waals surface area (Å²) >= 11 is 0. The third-order valence-corrected chi connectivity index (χ3v) is 2.23. The van der Waals surface area contributed by atoms with E-state index in [1.807, 2.05) is 6.92 Å². The average Bonchev–Trinajstić information content (AvgIpc) is 2.22. The summed E-state index contributed by atoms with van der Waals surface area (Å²) in [6.45, 7) is 2.68. The standard InChI is InChI=1S/C11H20O4/c1-9(6-7-14-2)8-10(12)4-5-11(13)15-3/h9H,4-8H2,1-3H3. The van der Waals surface area contributed by atoms with Crippen molar-refractivity contribution in [2.45, 2.75) is 32.6 Å². The predicted octanol–water partition coefficient (Wildman–Crippen LogP) is 1.57. The fourth-order valence-electron chi connectivity index (χ4n) is 1.26. The van der Waals surface area contributed by atoms with Crippen molar-refractivity contribution in [3.63, 3.8) is 0 Å². The summed E-state index contributed by atoms with van der Waals surface area (Å²) < 4.78 is 9.38. The zero-order valence-corrected chi connectivity index (χ0v) is 9.75. The number of methoxy groups -OCH3 is 2. The van der Waals surface area contributed by atoms with Crippen molar-refractivity contribution >= 4 is 11.8 Å². The molecule has 88 valence electrons. The molecule has 0 aromatic rings. The van der Waals surface area contributed by atoms with Gasteiger partial charge >= 0.3 is 5.97 Å². The van der Waals surface area contributed by atoms with Gasteiger partial charge in [-0.05, 0) is 12.3 Å². The molecule has 0 bridgehead atoms. The Kier molecular flexibility index (Phi) is 7.91. The Morgan fingerprint density at radius 1 is 1.20 bits per heavy atom. The number of ketones is 1. The lowest BCUT2D eigenvalue weighted by atomic mass is 9.99. The highest BCUT2D eigenvalue weighted by Crippen LogP contribution is 2.10. The van der Waals surface area contributed by atoms with Gasteiger partial charge in [0.05, 0.1) is 13.5 Å². The molecule has 0 spiro atoms. The van der Waals surface area contributed by atoms with Crippen LogP contribution in [0.1, 0.15) is 32.6 Å². The minimum atomic E-state index is -0.326. The summed E-state index contributed by atoms with van der Waals surface area (Å²) in [6.07, 6.45) is 1.86. The van der Waals surface area contributed by atoms with Crippen molar-refractivity contribution in [3.8, 4) is 0 Å². The number of hydrogen-bond donors (Lipinski definition) is 0. The Labute approximate surface area is 90.9 Å². The minimum absolute atomic E-state index is 0.115. The Morgan fingerprint density at radius 2 is 1.87 bits per heavy atom. The Morgan fingerprint density at radius 3 is 2.40 bits per heavy atom. The van der Waals surface area contributed by atoms with E-state index in [0.29, 0.717) is 18.9 Å². The molecular formula is C11H20O4. The van der Waals surface area contributed by atoms with Crippen molar-refractivity contribution in [3.05, 3.63) is 0 Å². The fourth-order valence-corrected chi connectivity index (χ4v) is 1.26. The van der Waals surface area contributed by atoms with Gasteiger partial charge in [-0.25, -0.2) is 0 Å². The molecule has 0 aliphatic heterocycles. The smallest absolute Gasteiger partial charge is 0.305 e. The van der Waals surface area contributed by atoms with Gasteiger partial charge in [-0.3, -0.25) is 9.59 Å². The SMILES string of the molecule is COCCC(C)CC(=O)CCC(=O)OC. The van der Waals surface area contributed by atoms with Crippen LogP contribution in [-0.4, -0.2) is 32.6 Å². The highest BCUT2D eigenvalue weighted by atomic mass is 16.5. The lowest BCUT2D eigenvalue weighted by molar-refractivity contribution is -0.142. The van der Waals surface area contributed by atoms with E-state index < -0.39 is 0 Å². The van der Waals surface area contributed by atoms with Crippen LogP contribution in [0.15, 0.2) is 0 Å². The lowest BCUT2D eigenvalue weighted by Crippen LogP contribution is -2.10. The van der Waals surface area contributed by atoms with Gasteiger partial charge in [-0.1, -0.05) is 6.92 Å². The number of carbonyl (C=O) groups excluding carboxylic acids is 2. The molecule has 0 amide bonds. The van der Waals surface area contributed by atoms with Crippen LogP contribution in [0.5, 0.6) is 0 Å². The number of ether oxygens (including phenoxy) is 2. The summed E-state index contributed by atoms with van der Waals surface area (Å²) in [5.41, 5.74) is 0. The average molecular weight is 216 g/mol. The Hall–Kier alpha value is -0.900. The molecule has 0 aliphatic rings. The maximum atomic E-state index is 11.4. The van der Waals surface area contributed by atoms with Crippen LogP contribution in [0, 0.1) is 5.92 Å². The van der Waals surface area contributed by atoms with Gasteiger partial charge in [0.25, 0.3) is 0 Å². The lowest BCUT2D eigenvalue weighted by Gasteiger charge is -2.09. The molecule has 0 fully saturated rings. The molecule has 0 N–H and O–H groups in total. The third-order valence-electron chi connectivity index (χ3n) is 2.23. The van der Waals surface area contributed by atoms with E-state index in [0.717, 1.165) is 6.42 Å². The largest absolute Gasteiger partial charge is 0.469 e. The molecule has 15 heavy (non-hydrogen) atoms. The van der Waals surface area contributed by atoms with E-state index in [9.17, 15) is 9.59 Å². The maximum Gasteiger partial charge on any atom is 0.305 e. The van der Waals surface area contributed by atoms with Crippen LogP contribution in [0.3, 0.4) is 0 Å². The number of rotatable bonds is 8. The number of Topliss-reactive ketones (excluding diaryl/α,β-unsaturated/α-hetero) is 1. The number of esters is 1. The summed E-state index contributed by atoms with van der Waals surface area (Å²) in [5, 5.41) is 0. The highest BCUT2D eigenvalue weighted by molar-refractivity contribution is 5.82. The molecule has 0 rings (SSSR count). The van der Waals surface area contributed by atoms with Crippen LogP contribution in [0.4, 0.5) is 0 Å². The van der Waals surface area contributed by atoms with Crippen LogP contribution >= 0.6 is 0 Å². The van der Waals surface area contributed by atoms with Crippen molar-refractivity contribution in [1.29, 1.82) is 0 Å². The molecule has 0 aromatic carbocycles. The van der Waals surface area contributed by atoms with Crippen LogP contribution in [-0.2, 0) is 19.1 Å². The third kappa shape index (κ3) is 8.12. The Balaban J connectivity index is 3.59. The molecule has 0 radical (unpaired) electrons. The zero-order valence-electron chi connectivity index (χ0n) is 9.75. The van der Waals surface area contributed by atoms with Gasteiger partial charge in [0.2, 0.25) is 0 Å². The van der Waals surface area contributed by atoms with Crippen LogP contribution in [0.25, 0.3) is 0 Å². The topological polar surface area (TPSA) is 52.6 Å². The molecule has 0 aromatic heterocycles. The van der Waals surface area contributed by atoms with E-state index in [-0.39, 0.29) is 24.6 Å². The molecule has 0 saturated heterocycles. The molecule has 1 atom stereocenters. The normalized spacial score (nSPS) is 12.2. The molecule has 0 heterocycles. The van der Waals surface area contributed by atoms with Crippen LogP contribution in [0.2, 0.25) is 0 Å². The monoisotopic (exact) mass is 216 g/mol. The molecular weight excluding hydrogens is 196 g/mol. The first-order valence-corrected chi connectivity index (χ1v) is 5.17. The maximum absolute atomic E-state index is 11.4. The van der Waals surface area contributed by atoms with Crippen molar-refractivity contribution in [2.24, 2.45) is 5.92 Å². The predicted molar refractivity (Wildman–Crippen MR) is 56.5 cm³/mol. The van der Waals surface area contributed by atoms with Gasteiger partial charge < -0.3 is 9.47 Å². The minimum Gasteiger partial charge on any atom is -0.469 e. The van der Waals surface area contributed by atoms with Crippen molar-refractivity contribution in [1.82, 2.24) is 0 Å². The second-order valence-electron chi connectivity index (χ2n) is 3.71. The zero-order chi connectivity index (χ0) is 11.7. The first-order valence-electron chi connectivity index (χ1n) is 5.17. The fraction of sp³-hybridized carbons (Fsp3) is 0.818. The number of hydrogen-bond acceptors (Lipinski definition) is 4. The number of carbonyl (C=O) groups is 2. The second-order valence-corrected chi connectivity index (χ2v) is 3.71. The summed E-state index contributed by atoms with van der Waals surface area (Å²) in [4.78, 5) is 22.2.